The molecule has 1 saturated heterocycles. The van der Waals surface area contributed by atoms with Crippen LogP contribution in [0.1, 0.15) is 36.5 Å². The van der Waals surface area contributed by atoms with Gasteiger partial charge in [0.25, 0.3) is 0 Å². The number of benzene rings is 1. The van der Waals surface area contributed by atoms with Gasteiger partial charge in [-0.3, -0.25) is 0 Å². The summed E-state index contributed by atoms with van der Waals surface area (Å²) in [5.41, 5.74) is 2.31. The van der Waals surface area contributed by atoms with E-state index in [-0.39, 0.29) is 0 Å². The van der Waals surface area contributed by atoms with E-state index in [1.54, 1.807) is 13.1 Å². The van der Waals surface area contributed by atoms with E-state index in [1.807, 2.05) is 12.1 Å². The van der Waals surface area contributed by atoms with E-state index >= 15 is 0 Å². The minimum atomic E-state index is -0.477. The largest absolute Gasteiger partial charge is 0.389 e. The maximum Gasteiger partial charge on any atom is 0.134 e. The van der Waals surface area contributed by atoms with Crippen LogP contribution in [0.2, 0.25) is 0 Å². The number of hydrogen-bond acceptors (Lipinski definition) is 3. The molecule has 0 bridgehead atoms. The zero-order valence-corrected chi connectivity index (χ0v) is 11.7. The van der Waals surface area contributed by atoms with Crippen LogP contribution in [0, 0.1) is 0 Å². The molecule has 3 heteroatoms. The molecule has 2 aromatic rings. The lowest BCUT2D eigenvalue weighted by Gasteiger charge is -2.21. The molecule has 1 aromatic carbocycles. The number of aromatic nitrogens is 1. The molecule has 3 nitrogen and oxygen atoms in total. The van der Waals surface area contributed by atoms with Crippen LogP contribution in [0.15, 0.2) is 48.7 Å². The highest BCUT2D eigenvalue weighted by atomic mass is 16.3. The van der Waals surface area contributed by atoms with E-state index in [2.05, 4.69) is 40.2 Å². The van der Waals surface area contributed by atoms with Gasteiger partial charge in [0.1, 0.15) is 5.82 Å². The third-order valence-corrected chi connectivity index (χ3v) is 4.03. The molecule has 1 aromatic heterocycles. The quantitative estimate of drug-likeness (QED) is 0.929. The first-order valence-corrected chi connectivity index (χ1v) is 7.18. The summed E-state index contributed by atoms with van der Waals surface area (Å²) in [4.78, 5) is 6.77. The topological polar surface area (TPSA) is 36.4 Å². The summed E-state index contributed by atoms with van der Waals surface area (Å²) in [6.07, 6.45) is 2.46. The van der Waals surface area contributed by atoms with E-state index in [9.17, 15) is 5.11 Å². The van der Waals surface area contributed by atoms with E-state index in [0.717, 1.165) is 30.9 Å². The van der Waals surface area contributed by atoms with Gasteiger partial charge in [-0.15, -0.1) is 0 Å². The first kappa shape index (κ1) is 13.1. The van der Waals surface area contributed by atoms with Gasteiger partial charge in [0, 0.05) is 30.8 Å². The Morgan fingerprint density at radius 3 is 2.75 bits per heavy atom. The number of nitrogens with zero attached hydrogens (tertiary/aromatic N) is 2. The molecule has 3 rings (SSSR count). The molecule has 2 heterocycles. The van der Waals surface area contributed by atoms with Gasteiger partial charge in [0.2, 0.25) is 0 Å². The fourth-order valence-electron chi connectivity index (χ4n) is 2.95. The van der Waals surface area contributed by atoms with Crippen molar-refractivity contribution in [1.29, 1.82) is 0 Å². The third-order valence-electron chi connectivity index (χ3n) is 4.03. The molecule has 2 unspecified atom stereocenters. The summed E-state index contributed by atoms with van der Waals surface area (Å²) >= 11 is 0. The number of rotatable bonds is 3. The van der Waals surface area contributed by atoms with Gasteiger partial charge in [-0.2, -0.15) is 0 Å². The van der Waals surface area contributed by atoms with Crippen LogP contribution >= 0.6 is 0 Å². The molecule has 2 atom stereocenters. The zero-order valence-electron chi connectivity index (χ0n) is 11.7. The van der Waals surface area contributed by atoms with Gasteiger partial charge >= 0.3 is 0 Å². The van der Waals surface area contributed by atoms with Crippen LogP contribution in [0.5, 0.6) is 0 Å². The second kappa shape index (κ2) is 5.63. The highest BCUT2D eigenvalue weighted by molar-refractivity contribution is 5.49. The molecule has 0 spiro atoms. The van der Waals surface area contributed by atoms with Crippen molar-refractivity contribution in [2.45, 2.75) is 25.4 Å². The van der Waals surface area contributed by atoms with Crippen molar-refractivity contribution < 1.29 is 5.11 Å². The number of aliphatic hydroxyl groups excluding tert-OH is 1. The minimum absolute atomic E-state index is 0.477. The van der Waals surface area contributed by atoms with E-state index in [1.165, 1.54) is 5.56 Å². The van der Waals surface area contributed by atoms with E-state index in [4.69, 9.17) is 0 Å². The Bertz CT molecular complexity index is 568. The van der Waals surface area contributed by atoms with Crippen molar-refractivity contribution in [2.24, 2.45) is 0 Å². The molecular formula is C17H20N2O. The predicted molar refractivity (Wildman–Crippen MR) is 80.9 cm³/mol. The Morgan fingerprint density at radius 2 is 2.00 bits per heavy atom. The van der Waals surface area contributed by atoms with Crippen molar-refractivity contribution in [1.82, 2.24) is 4.98 Å². The molecule has 1 N–H and O–H groups in total. The zero-order chi connectivity index (χ0) is 13.9. The van der Waals surface area contributed by atoms with Crippen molar-refractivity contribution >= 4 is 5.82 Å². The van der Waals surface area contributed by atoms with Gasteiger partial charge in [0.15, 0.2) is 0 Å². The second-order valence-electron chi connectivity index (χ2n) is 5.43. The van der Waals surface area contributed by atoms with Gasteiger partial charge in [-0.25, -0.2) is 4.98 Å². The van der Waals surface area contributed by atoms with Crippen LogP contribution in [-0.2, 0) is 0 Å². The Balaban J connectivity index is 1.81. The fourth-order valence-corrected chi connectivity index (χ4v) is 2.95. The number of pyridine rings is 1. The molecule has 104 valence electrons. The lowest BCUT2D eigenvalue weighted by atomic mass is 9.99. The SMILES string of the molecule is CC(O)c1cccnc1N1CCC(c2ccccc2)C1. The maximum absolute atomic E-state index is 9.88. The summed E-state index contributed by atoms with van der Waals surface area (Å²) in [7, 11) is 0. The number of anilines is 1. The summed E-state index contributed by atoms with van der Waals surface area (Å²) in [6.45, 7) is 3.77. The molecule has 1 aliphatic heterocycles. The molecule has 20 heavy (non-hydrogen) atoms. The Kier molecular flexibility index (Phi) is 3.70. The number of aliphatic hydroxyl groups is 1. The number of hydrogen-bond donors (Lipinski definition) is 1. The highest BCUT2D eigenvalue weighted by Gasteiger charge is 2.26. The van der Waals surface area contributed by atoms with Crippen LogP contribution in [0.3, 0.4) is 0 Å². The fraction of sp³-hybridized carbons (Fsp3) is 0.353. The molecule has 0 radical (unpaired) electrons. The van der Waals surface area contributed by atoms with Gasteiger partial charge in [0.05, 0.1) is 6.10 Å². The van der Waals surface area contributed by atoms with Gasteiger partial charge in [-0.05, 0) is 25.0 Å². The summed E-state index contributed by atoms with van der Waals surface area (Å²) in [6, 6.07) is 14.5. The monoisotopic (exact) mass is 268 g/mol. The Labute approximate surface area is 119 Å². The smallest absolute Gasteiger partial charge is 0.134 e. The summed E-state index contributed by atoms with van der Waals surface area (Å²) in [5, 5.41) is 9.88. The average molecular weight is 268 g/mol. The average Bonchev–Trinajstić information content (AvgIpc) is 2.98. The first-order valence-electron chi connectivity index (χ1n) is 7.18. The summed E-state index contributed by atoms with van der Waals surface area (Å²) in [5.74, 6) is 1.49. The molecule has 1 fully saturated rings. The van der Waals surface area contributed by atoms with Crippen LogP contribution in [-0.4, -0.2) is 23.2 Å². The van der Waals surface area contributed by atoms with Crippen LogP contribution < -0.4 is 4.90 Å². The maximum atomic E-state index is 9.88. The molecule has 0 amide bonds. The van der Waals surface area contributed by atoms with Crippen molar-refractivity contribution in [3.05, 3.63) is 59.8 Å². The lowest BCUT2D eigenvalue weighted by Crippen LogP contribution is -2.22. The minimum Gasteiger partial charge on any atom is -0.389 e. The first-order chi connectivity index (χ1) is 9.75. The third kappa shape index (κ3) is 2.54. The van der Waals surface area contributed by atoms with Crippen LogP contribution in [0.4, 0.5) is 5.82 Å². The van der Waals surface area contributed by atoms with Crippen molar-refractivity contribution in [3.63, 3.8) is 0 Å². The molecule has 1 aliphatic rings. The highest BCUT2D eigenvalue weighted by Crippen LogP contribution is 2.32. The van der Waals surface area contributed by atoms with E-state index in [0.29, 0.717) is 5.92 Å². The normalized spacial score (nSPS) is 20.1. The van der Waals surface area contributed by atoms with Crippen LogP contribution in [0.25, 0.3) is 0 Å². The Morgan fingerprint density at radius 1 is 1.20 bits per heavy atom. The van der Waals surface area contributed by atoms with Gasteiger partial charge in [-0.1, -0.05) is 36.4 Å². The second-order valence-corrected chi connectivity index (χ2v) is 5.43. The lowest BCUT2D eigenvalue weighted by molar-refractivity contribution is 0.199. The predicted octanol–water partition coefficient (Wildman–Crippen LogP) is 3.13. The molecular weight excluding hydrogens is 248 g/mol. The van der Waals surface area contributed by atoms with Gasteiger partial charge < -0.3 is 10.0 Å². The Hall–Kier alpha value is -1.87. The standard InChI is InChI=1S/C17H20N2O/c1-13(20)16-8-5-10-18-17(16)19-11-9-15(12-19)14-6-3-2-4-7-14/h2-8,10,13,15,20H,9,11-12H2,1H3. The summed E-state index contributed by atoms with van der Waals surface area (Å²) < 4.78 is 0. The van der Waals surface area contributed by atoms with Crippen molar-refractivity contribution in [2.75, 3.05) is 18.0 Å². The molecule has 0 aliphatic carbocycles. The van der Waals surface area contributed by atoms with Crippen molar-refractivity contribution in [3.8, 4) is 0 Å². The molecule has 0 saturated carbocycles. The van der Waals surface area contributed by atoms with E-state index < -0.39 is 6.10 Å².